The maximum Gasteiger partial charge on any atom is 0.133 e. The molecule has 1 unspecified atom stereocenters. The molecule has 16 heavy (non-hydrogen) atoms. The maximum atomic E-state index is 11.8. The number of Topliss-reactive ketones (excluding diaryl/α,β-unsaturated/α-hetero) is 1. The molecule has 1 saturated heterocycles. The topological polar surface area (TPSA) is 29.1 Å². The van der Waals surface area contributed by atoms with E-state index in [0.717, 1.165) is 44.2 Å². The number of rotatable bonds is 5. The Morgan fingerprint density at radius 2 is 1.88 bits per heavy atom. The highest BCUT2D eigenvalue weighted by Crippen LogP contribution is 2.27. The SMILES string of the molecule is O=C(CCC1CCNC1)CC1CCCCC1. The van der Waals surface area contributed by atoms with E-state index in [9.17, 15) is 4.79 Å². The maximum absolute atomic E-state index is 11.8. The van der Waals surface area contributed by atoms with E-state index in [2.05, 4.69) is 5.32 Å². The summed E-state index contributed by atoms with van der Waals surface area (Å²) >= 11 is 0. The van der Waals surface area contributed by atoms with E-state index in [1.54, 1.807) is 0 Å². The van der Waals surface area contributed by atoms with Crippen LogP contribution in [-0.4, -0.2) is 18.9 Å². The van der Waals surface area contributed by atoms with Gasteiger partial charge in [0.2, 0.25) is 0 Å². The molecule has 1 aliphatic heterocycles. The molecule has 0 spiro atoms. The van der Waals surface area contributed by atoms with Crippen LogP contribution >= 0.6 is 0 Å². The van der Waals surface area contributed by atoms with Gasteiger partial charge in [-0.25, -0.2) is 0 Å². The molecular weight excluding hydrogens is 198 g/mol. The molecule has 2 nitrogen and oxygen atoms in total. The lowest BCUT2D eigenvalue weighted by Gasteiger charge is -2.20. The minimum absolute atomic E-state index is 0.527. The number of ketones is 1. The van der Waals surface area contributed by atoms with Crippen LogP contribution in [0.3, 0.4) is 0 Å². The van der Waals surface area contributed by atoms with Crippen molar-refractivity contribution in [3.05, 3.63) is 0 Å². The molecule has 0 amide bonds. The second-order valence-corrected chi connectivity index (χ2v) is 5.64. The van der Waals surface area contributed by atoms with Crippen LogP contribution in [-0.2, 0) is 4.79 Å². The van der Waals surface area contributed by atoms with Crippen LogP contribution in [0.2, 0.25) is 0 Å². The van der Waals surface area contributed by atoms with Crippen LogP contribution in [0.1, 0.15) is 57.8 Å². The third kappa shape index (κ3) is 3.89. The molecule has 2 aliphatic rings. The van der Waals surface area contributed by atoms with Crippen LogP contribution in [0.15, 0.2) is 0 Å². The van der Waals surface area contributed by atoms with Gasteiger partial charge in [-0.3, -0.25) is 4.79 Å². The Labute approximate surface area is 99.2 Å². The van der Waals surface area contributed by atoms with Crippen LogP contribution in [0, 0.1) is 11.8 Å². The number of nitrogens with one attached hydrogen (secondary N) is 1. The fourth-order valence-corrected chi connectivity index (χ4v) is 3.14. The van der Waals surface area contributed by atoms with Gasteiger partial charge in [0, 0.05) is 12.8 Å². The molecule has 0 radical (unpaired) electrons. The van der Waals surface area contributed by atoms with Crippen molar-refractivity contribution in [2.45, 2.75) is 57.8 Å². The highest BCUT2D eigenvalue weighted by molar-refractivity contribution is 5.78. The van der Waals surface area contributed by atoms with E-state index in [1.165, 1.54) is 38.5 Å². The van der Waals surface area contributed by atoms with E-state index < -0.39 is 0 Å². The molecule has 2 rings (SSSR count). The molecule has 2 heteroatoms. The minimum atomic E-state index is 0.527. The van der Waals surface area contributed by atoms with Crippen molar-refractivity contribution in [3.8, 4) is 0 Å². The number of hydrogen-bond acceptors (Lipinski definition) is 2. The number of carbonyl (C=O) groups excluding carboxylic acids is 1. The van der Waals surface area contributed by atoms with Gasteiger partial charge in [0.15, 0.2) is 0 Å². The summed E-state index contributed by atoms with van der Waals surface area (Å²) in [7, 11) is 0. The van der Waals surface area contributed by atoms with Crippen molar-refractivity contribution in [1.82, 2.24) is 5.32 Å². The van der Waals surface area contributed by atoms with Crippen molar-refractivity contribution in [2.75, 3.05) is 13.1 Å². The van der Waals surface area contributed by atoms with Gasteiger partial charge in [-0.1, -0.05) is 32.1 Å². The van der Waals surface area contributed by atoms with E-state index in [0.29, 0.717) is 5.78 Å². The molecule has 92 valence electrons. The summed E-state index contributed by atoms with van der Waals surface area (Å²) in [6.07, 6.45) is 10.8. The fourth-order valence-electron chi connectivity index (χ4n) is 3.14. The lowest BCUT2D eigenvalue weighted by atomic mass is 9.85. The first-order valence-electron chi connectivity index (χ1n) is 7.07. The Morgan fingerprint density at radius 1 is 1.06 bits per heavy atom. The van der Waals surface area contributed by atoms with Gasteiger partial charge in [-0.2, -0.15) is 0 Å². The fraction of sp³-hybridized carbons (Fsp3) is 0.929. The Morgan fingerprint density at radius 3 is 2.56 bits per heavy atom. The second kappa shape index (κ2) is 6.39. The molecule has 1 N–H and O–H groups in total. The molecule has 1 saturated carbocycles. The standard InChI is InChI=1S/C14H25NO/c16-14(7-6-13-8-9-15-11-13)10-12-4-2-1-3-5-12/h12-13,15H,1-11H2. The van der Waals surface area contributed by atoms with Crippen molar-refractivity contribution in [1.29, 1.82) is 0 Å². The molecule has 1 heterocycles. The zero-order valence-corrected chi connectivity index (χ0v) is 10.3. The third-order valence-corrected chi connectivity index (χ3v) is 4.23. The largest absolute Gasteiger partial charge is 0.316 e. The summed E-state index contributed by atoms with van der Waals surface area (Å²) in [5.41, 5.74) is 0. The van der Waals surface area contributed by atoms with E-state index in [-0.39, 0.29) is 0 Å². The van der Waals surface area contributed by atoms with Gasteiger partial charge in [0.1, 0.15) is 5.78 Å². The molecule has 1 atom stereocenters. The Hall–Kier alpha value is -0.370. The van der Waals surface area contributed by atoms with Crippen molar-refractivity contribution < 1.29 is 4.79 Å². The van der Waals surface area contributed by atoms with E-state index in [1.807, 2.05) is 0 Å². The first-order valence-corrected chi connectivity index (χ1v) is 7.07. The van der Waals surface area contributed by atoms with E-state index in [4.69, 9.17) is 0 Å². The highest BCUT2D eigenvalue weighted by Gasteiger charge is 2.19. The summed E-state index contributed by atoms with van der Waals surface area (Å²) in [6, 6.07) is 0. The number of carbonyl (C=O) groups is 1. The highest BCUT2D eigenvalue weighted by atomic mass is 16.1. The summed E-state index contributed by atoms with van der Waals surface area (Å²) in [5.74, 6) is 2.03. The molecule has 0 bridgehead atoms. The molecule has 0 aromatic heterocycles. The molecule has 1 aliphatic carbocycles. The van der Waals surface area contributed by atoms with Gasteiger partial charge < -0.3 is 5.32 Å². The van der Waals surface area contributed by atoms with Crippen molar-refractivity contribution >= 4 is 5.78 Å². The Balaban J connectivity index is 1.59. The van der Waals surface area contributed by atoms with Crippen LogP contribution in [0.5, 0.6) is 0 Å². The van der Waals surface area contributed by atoms with E-state index >= 15 is 0 Å². The van der Waals surface area contributed by atoms with Crippen LogP contribution in [0.4, 0.5) is 0 Å². The quantitative estimate of drug-likeness (QED) is 0.776. The Bertz CT molecular complexity index is 215. The summed E-state index contributed by atoms with van der Waals surface area (Å²) in [5, 5.41) is 3.37. The predicted molar refractivity (Wildman–Crippen MR) is 66.4 cm³/mol. The van der Waals surface area contributed by atoms with Gasteiger partial charge in [0.25, 0.3) is 0 Å². The monoisotopic (exact) mass is 223 g/mol. The van der Waals surface area contributed by atoms with Gasteiger partial charge in [-0.15, -0.1) is 0 Å². The lowest BCUT2D eigenvalue weighted by Crippen LogP contribution is -2.14. The smallest absolute Gasteiger partial charge is 0.133 e. The minimum Gasteiger partial charge on any atom is -0.316 e. The number of hydrogen-bond donors (Lipinski definition) is 1. The van der Waals surface area contributed by atoms with Crippen LogP contribution in [0.25, 0.3) is 0 Å². The molecule has 2 fully saturated rings. The predicted octanol–water partition coefficient (Wildman–Crippen LogP) is 2.92. The average molecular weight is 223 g/mol. The van der Waals surface area contributed by atoms with Crippen molar-refractivity contribution in [3.63, 3.8) is 0 Å². The van der Waals surface area contributed by atoms with Gasteiger partial charge in [-0.05, 0) is 37.8 Å². The van der Waals surface area contributed by atoms with Crippen LogP contribution < -0.4 is 5.32 Å². The second-order valence-electron chi connectivity index (χ2n) is 5.64. The zero-order chi connectivity index (χ0) is 11.2. The summed E-state index contributed by atoms with van der Waals surface area (Å²) in [4.78, 5) is 11.8. The normalized spacial score (nSPS) is 27.1. The first-order chi connectivity index (χ1) is 7.84. The van der Waals surface area contributed by atoms with Gasteiger partial charge in [0.05, 0.1) is 0 Å². The average Bonchev–Trinajstić information content (AvgIpc) is 2.81. The molecule has 0 aromatic rings. The third-order valence-electron chi connectivity index (χ3n) is 4.23. The first kappa shape index (κ1) is 12.1. The van der Waals surface area contributed by atoms with Gasteiger partial charge >= 0.3 is 0 Å². The molecule has 0 aromatic carbocycles. The molecular formula is C14H25NO. The summed E-state index contributed by atoms with van der Waals surface area (Å²) in [6.45, 7) is 2.29. The lowest BCUT2D eigenvalue weighted by molar-refractivity contribution is -0.120. The van der Waals surface area contributed by atoms with Crippen molar-refractivity contribution in [2.24, 2.45) is 11.8 Å². The zero-order valence-electron chi connectivity index (χ0n) is 10.3. The summed E-state index contributed by atoms with van der Waals surface area (Å²) < 4.78 is 0. The Kier molecular flexibility index (Phi) is 4.83.